The minimum Gasteiger partial charge on any atom is -0.368 e. The fourth-order valence-electron chi connectivity index (χ4n) is 2.83. The molecule has 0 atom stereocenters. The van der Waals surface area contributed by atoms with E-state index in [1.807, 2.05) is 12.4 Å². The van der Waals surface area contributed by atoms with Crippen LogP contribution in [0.25, 0.3) is 10.6 Å². The van der Waals surface area contributed by atoms with Crippen LogP contribution in [-0.2, 0) is 19.5 Å². The van der Waals surface area contributed by atoms with Crippen LogP contribution in [-0.4, -0.2) is 31.6 Å². The molecule has 0 saturated heterocycles. The number of rotatable bonds is 3. The minimum absolute atomic E-state index is 0.363. The second-order valence-corrected chi connectivity index (χ2v) is 6.36. The molecule has 1 aliphatic heterocycles. The maximum absolute atomic E-state index is 5.65. The van der Waals surface area contributed by atoms with Crippen LogP contribution in [0.4, 0.5) is 5.95 Å². The Morgan fingerprint density at radius 1 is 1.36 bits per heavy atom. The molecule has 0 aliphatic carbocycles. The summed E-state index contributed by atoms with van der Waals surface area (Å²) in [5.74, 6) is 0.363. The highest BCUT2D eigenvalue weighted by Gasteiger charge is 2.20. The molecule has 22 heavy (non-hydrogen) atoms. The Kier molecular flexibility index (Phi) is 3.36. The number of nitrogens with two attached hydrogens (primary N) is 1. The maximum atomic E-state index is 5.65. The van der Waals surface area contributed by atoms with E-state index in [0.29, 0.717) is 5.95 Å². The van der Waals surface area contributed by atoms with Crippen molar-refractivity contribution in [1.82, 2.24) is 25.1 Å². The van der Waals surface area contributed by atoms with Gasteiger partial charge in [0.2, 0.25) is 5.95 Å². The van der Waals surface area contributed by atoms with Crippen molar-refractivity contribution >= 4 is 17.3 Å². The Morgan fingerprint density at radius 2 is 2.32 bits per heavy atom. The third kappa shape index (κ3) is 2.49. The second-order valence-electron chi connectivity index (χ2n) is 5.41. The lowest BCUT2D eigenvalue weighted by atomic mass is 10.1. The van der Waals surface area contributed by atoms with E-state index in [0.717, 1.165) is 37.4 Å². The molecule has 112 valence electrons. The first kappa shape index (κ1) is 13.4. The Balaban J connectivity index is 1.54. The van der Waals surface area contributed by atoms with Crippen molar-refractivity contribution < 1.29 is 0 Å². The number of aromatic amines is 1. The fourth-order valence-corrected chi connectivity index (χ4v) is 3.59. The first-order valence-corrected chi connectivity index (χ1v) is 8.06. The molecule has 0 unspecified atom stereocenters. The van der Waals surface area contributed by atoms with Crippen molar-refractivity contribution in [2.45, 2.75) is 19.5 Å². The lowest BCUT2D eigenvalue weighted by Crippen LogP contribution is -2.31. The topological polar surface area (TPSA) is 83.7 Å². The van der Waals surface area contributed by atoms with Crippen LogP contribution in [0.1, 0.15) is 16.8 Å². The van der Waals surface area contributed by atoms with Gasteiger partial charge in [0.15, 0.2) is 0 Å². The van der Waals surface area contributed by atoms with E-state index in [-0.39, 0.29) is 0 Å². The summed E-state index contributed by atoms with van der Waals surface area (Å²) in [4.78, 5) is 12.0. The zero-order valence-electron chi connectivity index (χ0n) is 12.0. The van der Waals surface area contributed by atoms with Crippen LogP contribution in [0.5, 0.6) is 0 Å². The van der Waals surface area contributed by atoms with Gasteiger partial charge < -0.3 is 5.73 Å². The summed E-state index contributed by atoms with van der Waals surface area (Å²) >= 11 is 1.72. The van der Waals surface area contributed by atoms with E-state index in [1.165, 1.54) is 16.0 Å². The number of H-pyrrole nitrogens is 1. The smallest absolute Gasteiger partial charge is 0.220 e. The first-order chi connectivity index (χ1) is 10.8. The fraction of sp³-hybridized carbons (Fsp3) is 0.267. The van der Waals surface area contributed by atoms with Gasteiger partial charge in [0.1, 0.15) is 0 Å². The summed E-state index contributed by atoms with van der Waals surface area (Å²) < 4.78 is 0. The molecular formula is C15H16N6S. The van der Waals surface area contributed by atoms with Gasteiger partial charge in [-0.15, -0.1) is 11.3 Å². The predicted molar refractivity (Wildman–Crippen MR) is 86.2 cm³/mol. The molecule has 0 amide bonds. The van der Waals surface area contributed by atoms with Gasteiger partial charge in [-0.2, -0.15) is 5.10 Å². The number of nitrogen functional groups attached to an aromatic ring is 1. The summed E-state index contributed by atoms with van der Waals surface area (Å²) in [6.07, 6.45) is 4.68. The van der Waals surface area contributed by atoms with Crippen LogP contribution in [0.2, 0.25) is 0 Å². The van der Waals surface area contributed by atoms with Gasteiger partial charge in [-0.3, -0.25) is 10.00 Å². The van der Waals surface area contributed by atoms with Crippen LogP contribution < -0.4 is 5.73 Å². The molecule has 3 aromatic rings. The van der Waals surface area contributed by atoms with Crippen molar-refractivity contribution in [3.05, 3.63) is 46.7 Å². The predicted octanol–water partition coefficient (Wildman–Crippen LogP) is 2.07. The summed E-state index contributed by atoms with van der Waals surface area (Å²) in [6.45, 7) is 2.69. The number of hydrogen-bond donors (Lipinski definition) is 2. The quantitative estimate of drug-likeness (QED) is 0.773. The summed E-state index contributed by atoms with van der Waals surface area (Å²) in [5.41, 5.74) is 10.2. The molecule has 1 aliphatic rings. The van der Waals surface area contributed by atoms with Crippen LogP contribution in [0.3, 0.4) is 0 Å². The number of nitrogens with one attached hydrogen (secondary N) is 1. The van der Waals surface area contributed by atoms with Crippen molar-refractivity contribution in [2.75, 3.05) is 12.3 Å². The number of thiophene rings is 1. The van der Waals surface area contributed by atoms with Gasteiger partial charge in [-0.1, -0.05) is 6.07 Å². The largest absolute Gasteiger partial charge is 0.368 e. The third-order valence-corrected chi connectivity index (χ3v) is 4.80. The zero-order valence-corrected chi connectivity index (χ0v) is 12.8. The van der Waals surface area contributed by atoms with Crippen molar-refractivity contribution in [3.63, 3.8) is 0 Å². The number of nitrogens with zero attached hydrogens (tertiary/aromatic N) is 4. The van der Waals surface area contributed by atoms with E-state index in [1.54, 1.807) is 11.3 Å². The van der Waals surface area contributed by atoms with Crippen molar-refractivity contribution in [2.24, 2.45) is 0 Å². The number of fused-ring (bicyclic) bond motifs is 1. The summed E-state index contributed by atoms with van der Waals surface area (Å²) in [6, 6.07) is 4.17. The van der Waals surface area contributed by atoms with E-state index in [9.17, 15) is 0 Å². The molecule has 0 bridgehead atoms. The lowest BCUT2D eigenvalue weighted by molar-refractivity contribution is 0.243. The van der Waals surface area contributed by atoms with Gasteiger partial charge in [-0.25, -0.2) is 9.97 Å². The van der Waals surface area contributed by atoms with Gasteiger partial charge in [0.25, 0.3) is 0 Å². The van der Waals surface area contributed by atoms with Gasteiger partial charge in [-0.05, 0) is 11.4 Å². The van der Waals surface area contributed by atoms with E-state index in [4.69, 9.17) is 5.73 Å². The minimum atomic E-state index is 0.363. The monoisotopic (exact) mass is 312 g/mol. The van der Waals surface area contributed by atoms with E-state index in [2.05, 4.69) is 42.6 Å². The van der Waals surface area contributed by atoms with Crippen LogP contribution in [0, 0.1) is 0 Å². The molecule has 0 spiro atoms. The molecule has 4 heterocycles. The lowest BCUT2D eigenvalue weighted by Gasteiger charge is -2.27. The van der Waals surface area contributed by atoms with Gasteiger partial charge in [0, 0.05) is 43.4 Å². The number of hydrogen-bond acceptors (Lipinski definition) is 6. The molecule has 4 rings (SSSR count). The molecule has 0 aromatic carbocycles. The van der Waals surface area contributed by atoms with Crippen molar-refractivity contribution in [1.29, 1.82) is 0 Å². The molecule has 3 N–H and O–H groups in total. The van der Waals surface area contributed by atoms with E-state index < -0.39 is 0 Å². The number of aromatic nitrogens is 4. The van der Waals surface area contributed by atoms with E-state index >= 15 is 0 Å². The zero-order chi connectivity index (χ0) is 14.9. The second kappa shape index (κ2) is 5.51. The molecule has 3 aromatic heterocycles. The van der Waals surface area contributed by atoms with Crippen molar-refractivity contribution in [3.8, 4) is 10.6 Å². The Hall–Kier alpha value is -2.25. The number of anilines is 1. The third-order valence-electron chi connectivity index (χ3n) is 3.91. The highest BCUT2D eigenvalue weighted by Crippen LogP contribution is 2.27. The van der Waals surface area contributed by atoms with Crippen LogP contribution >= 0.6 is 11.3 Å². The molecule has 7 heteroatoms. The normalized spacial score (nSPS) is 14.9. The van der Waals surface area contributed by atoms with Gasteiger partial charge >= 0.3 is 0 Å². The highest BCUT2D eigenvalue weighted by molar-refractivity contribution is 7.13. The summed E-state index contributed by atoms with van der Waals surface area (Å²) in [7, 11) is 0. The average Bonchev–Trinajstić information content (AvgIpc) is 3.18. The Bertz CT molecular complexity index is 779. The summed E-state index contributed by atoms with van der Waals surface area (Å²) in [5, 5.41) is 9.41. The molecule has 6 nitrogen and oxygen atoms in total. The average molecular weight is 312 g/mol. The standard InChI is InChI=1S/C15H16N6S/c16-15-17-6-10-8-21(4-3-12(10)19-15)9-11-7-18-20-14(11)13-2-1-5-22-13/h1-2,5-7H,3-4,8-9H2,(H,18,20)(H2,16,17,19). The Labute approximate surface area is 132 Å². The van der Waals surface area contributed by atoms with Gasteiger partial charge in [0.05, 0.1) is 22.5 Å². The molecular weight excluding hydrogens is 296 g/mol. The highest BCUT2D eigenvalue weighted by atomic mass is 32.1. The van der Waals surface area contributed by atoms with Crippen LogP contribution in [0.15, 0.2) is 29.9 Å². The Morgan fingerprint density at radius 3 is 3.18 bits per heavy atom. The maximum Gasteiger partial charge on any atom is 0.220 e. The molecule has 0 radical (unpaired) electrons. The molecule has 0 saturated carbocycles. The SMILES string of the molecule is Nc1ncc2c(n1)CCN(Cc1cn[nH]c1-c1cccs1)C2. The first-order valence-electron chi connectivity index (χ1n) is 7.18. The molecule has 0 fully saturated rings.